The highest BCUT2D eigenvalue weighted by Gasteiger charge is 2.36. The Bertz CT molecular complexity index is 684. The summed E-state index contributed by atoms with van der Waals surface area (Å²) in [7, 11) is 3.23. The fourth-order valence-electron chi connectivity index (χ4n) is 2.84. The molecule has 3 rings (SSSR count). The van der Waals surface area contributed by atoms with Gasteiger partial charge in [0.1, 0.15) is 10.9 Å². The molecule has 0 N–H and O–H groups in total. The number of hydrogen-bond donors (Lipinski definition) is 0. The number of nitrogens with zero attached hydrogens (tertiary/aromatic N) is 3. The van der Waals surface area contributed by atoms with Crippen LogP contribution in [0.5, 0.6) is 0 Å². The molecular weight excluding hydrogens is 290 g/mol. The van der Waals surface area contributed by atoms with E-state index < -0.39 is 6.04 Å². The number of aryl methyl sites for hydroxylation is 2. The second-order valence-corrected chi connectivity index (χ2v) is 6.25. The minimum Gasteiger partial charge on any atom is -0.467 e. The third-order valence-corrected chi connectivity index (χ3v) is 5.08. The van der Waals surface area contributed by atoms with Gasteiger partial charge in [-0.15, -0.1) is 11.3 Å². The zero-order chi connectivity index (χ0) is 15.1. The lowest BCUT2D eigenvalue weighted by Crippen LogP contribution is -2.40. The number of carbonyl (C=O) groups is 2. The lowest BCUT2D eigenvalue weighted by Gasteiger charge is -2.21. The molecule has 1 fully saturated rings. The van der Waals surface area contributed by atoms with Crippen molar-refractivity contribution in [3.63, 3.8) is 0 Å². The summed E-state index contributed by atoms with van der Waals surface area (Å²) in [5, 5.41) is 5.33. The number of rotatable bonds is 2. The van der Waals surface area contributed by atoms with E-state index in [2.05, 4.69) is 5.10 Å². The number of aromatic nitrogens is 2. The highest BCUT2D eigenvalue weighted by Crippen LogP contribution is 2.30. The Kier molecular flexibility index (Phi) is 3.44. The van der Waals surface area contributed by atoms with E-state index in [0.717, 1.165) is 22.3 Å². The first-order valence-corrected chi connectivity index (χ1v) is 7.66. The second kappa shape index (κ2) is 5.14. The van der Waals surface area contributed by atoms with Gasteiger partial charge in [0.2, 0.25) is 0 Å². The SMILES string of the molecule is COC(=O)[C@H]1CCCN1C(=O)c1cc2c(C)nn(C)c2s1. The van der Waals surface area contributed by atoms with Gasteiger partial charge in [0, 0.05) is 19.0 Å². The average Bonchev–Trinajstić information content (AvgIpc) is 3.16. The lowest BCUT2D eigenvalue weighted by molar-refractivity contribution is -0.145. The van der Waals surface area contributed by atoms with Gasteiger partial charge in [0.25, 0.3) is 5.91 Å². The zero-order valence-electron chi connectivity index (χ0n) is 12.3. The number of ether oxygens (including phenoxy) is 1. The van der Waals surface area contributed by atoms with Crippen molar-refractivity contribution >= 4 is 33.4 Å². The van der Waals surface area contributed by atoms with Gasteiger partial charge in [-0.2, -0.15) is 5.10 Å². The normalized spacial score (nSPS) is 18.4. The van der Waals surface area contributed by atoms with E-state index in [9.17, 15) is 9.59 Å². The highest BCUT2D eigenvalue weighted by molar-refractivity contribution is 7.20. The van der Waals surface area contributed by atoms with Crippen molar-refractivity contribution in [2.75, 3.05) is 13.7 Å². The van der Waals surface area contributed by atoms with Gasteiger partial charge in [-0.05, 0) is 25.8 Å². The molecule has 0 aliphatic carbocycles. The molecule has 6 nitrogen and oxygen atoms in total. The van der Waals surface area contributed by atoms with Crippen LogP contribution in [0.25, 0.3) is 10.2 Å². The number of likely N-dealkylation sites (tertiary alicyclic amines) is 1. The number of methoxy groups -OCH3 is 1. The van der Waals surface area contributed by atoms with Crippen LogP contribution in [0.1, 0.15) is 28.2 Å². The summed E-state index contributed by atoms with van der Waals surface area (Å²) in [6.45, 7) is 2.53. The number of esters is 1. The van der Waals surface area contributed by atoms with E-state index in [1.54, 1.807) is 9.58 Å². The maximum atomic E-state index is 12.7. The van der Waals surface area contributed by atoms with Gasteiger partial charge in [-0.3, -0.25) is 9.48 Å². The molecule has 0 bridgehead atoms. The van der Waals surface area contributed by atoms with Gasteiger partial charge in [0.05, 0.1) is 17.7 Å². The number of amides is 1. The summed E-state index contributed by atoms with van der Waals surface area (Å²) in [6, 6.07) is 1.42. The smallest absolute Gasteiger partial charge is 0.328 e. The van der Waals surface area contributed by atoms with Gasteiger partial charge in [0.15, 0.2) is 0 Å². The van der Waals surface area contributed by atoms with E-state index in [1.807, 2.05) is 20.0 Å². The molecule has 21 heavy (non-hydrogen) atoms. The van der Waals surface area contributed by atoms with Gasteiger partial charge in [-0.1, -0.05) is 0 Å². The number of hydrogen-bond acceptors (Lipinski definition) is 5. The first-order chi connectivity index (χ1) is 10.0. The monoisotopic (exact) mass is 307 g/mol. The molecule has 0 radical (unpaired) electrons. The molecule has 1 amide bonds. The first kappa shape index (κ1) is 14.1. The molecule has 1 aliphatic heterocycles. The predicted molar refractivity (Wildman–Crippen MR) is 79.4 cm³/mol. The van der Waals surface area contributed by atoms with Gasteiger partial charge in [-0.25, -0.2) is 4.79 Å². The molecular formula is C14H17N3O3S. The standard InChI is InChI=1S/C14H17N3O3S/c1-8-9-7-11(21-13(9)16(2)15-8)12(18)17-6-4-5-10(17)14(19)20-3/h7,10H,4-6H2,1-3H3/t10-/m1/s1. The van der Waals surface area contributed by atoms with Crippen LogP contribution in [-0.2, 0) is 16.6 Å². The maximum absolute atomic E-state index is 12.7. The number of carbonyl (C=O) groups excluding carboxylic acids is 2. The van der Waals surface area contributed by atoms with Crippen molar-refractivity contribution < 1.29 is 14.3 Å². The van der Waals surface area contributed by atoms with E-state index in [1.165, 1.54) is 18.4 Å². The molecule has 2 aromatic heterocycles. The maximum Gasteiger partial charge on any atom is 0.328 e. The first-order valence-electron chi connectivity index (χ1n) is 6.85. The average molecular weight is 307 g/mol. The molecule has 3 heterocycles. The van der Waals surface area contributed by atoms with Crippen LogP contribution in [0.3, 0.4) is 0 Å². The Balaban J connectivity index is 1.93. The van der Waals surface area contributed by atoms with E-state index in [4.69, 9.17) is 4.74 Å². The van der Waals surface area contributed by atoms with Gasteiger partial charge < -0.3 is 9.64 Å². The van der Waals surface area contributed by atoms with Crippen molar-refractivity contribution in [3.8, 4) is 0 Å². The van der Waals surface area contributed by atoms with Crippen LogP contribution < -0.4 is 0 Å². The molecule has 0 spiro atoms. The molecule has 0 unspecified atom stereocenters. The van der Waals surface area contributed by atoms with Crippen LogP contribution in [0, 0.1) is 6.92 Å². The van der Waals surface area contributed by atoms with E-state index in [-0.39, 0.29) is 11.9 Å². The second-order valence-electron chi connectivity index (χ2n) is 5.22. The van der Waals surface area contributed by atoms with Crippen molar-refractivity contribution in [1.29, 1.82) is 0 Å². The van der Waals surface area contributed by atoms with Gasteiger partial charge >= 0.3 is 5.97 Å². The minimum absolute atomic E-state index is 0.0940. The Morgan fingerprint density at radius 1 is 1.48 bits per heavy atom. The van der Waals surface area contributed by atoms with Crippen LogP contribution in [-0.4, -0.2) is 46.3 Å². The van der Waals surface area contributed by atoms with Crippen molar-refractivity contribution in [3.05, 3.63) is 16.6 Å². The van der Waals surface area contributed by atoms with Crippen LogP contribution in [0.2, 0.25) is 0 Å². The van der Waals surface area contributed by atoms with E-state index in [0.29, 0.717) is 17.8 Å². The molecule has 1 saturated heterocycles. The molecule has 0 saturated carbocycles. The molecule has 112 valence electrons. The fraction of sp³-hybridized carbons (Fsp3) is 0.500. The van der Waals surface area contributed by atoms with Crippen LogP contribution in [0.4, 0.5) is 0 Å². The summed E-state index contributed by atoms with van der Waals surface area (Å²) in [6.07, 6.45) is 1.50. The lowest BCUT2D eigenvalue weighted by atomic mass is 10.2. The summed E-state index contributed by atoms with van der Waals surface area (Å²) in [5.41, 5.74) is 0.911. The third-order valence-electron chi connectivity index (χ3n) is 3.89. The third kappa shape index (κ3) is 2.21. The Labute approximate surface area is 126 Å². The predicted octanol–water partition coefficient (Wildman–Crippen LogP) is 1.72. The van der Waals surface area contributed by atoms with Crippen molar-refractivity contribution in [1.82, 2.24) is 14.7 Å². The summed E-state index contributed by atoms with van der Waals surface area (Å²) in [5.74, 6) is -0.427. The number of fused-ring (bicyclic) bond motifs is 1. The summed E-state index contributed by atoms with van der Waals surface area (Å²) >= 11 is 1.42. The molecule has 1 atom stereocenters. The van der Waals surface area contributed by atoms with Crippen molar-refractivity contribution in [2.24, 2.45) is 7.05 Å². The minimum atomic E-state index is -0.452. The highest BCUT2D eigenvalue weighted by atomic mass is 32.1. The van der Waals surface area contributed by atoms with E-state index >= 15 is 0 Å². The summed E-state index contributed by atoms with van der Waals surface area (Å²) in [4.78, 5) is 27.7. The largest absolute Gasteiger partial charge is 0.467 e. The molecule has 7 heteroatoms. The van der Waals surface area contributed by atoms with Crippen LogP contribution in [0.15, 0.2) is 6.07 Å². The fourth-order valence-corrected chi connectivity index (χ4v) is 3.92. The molecule has 2 aromatic rings. The Morgan fingerprint density at radius 2 is 2.24 bits per heavy atom. The number of thiophene rings is 1. The summed E-state index contributed by atoms with van der Waals surface area (Å²) < 4.78 is 6.57. The molecule has 1 aliphatic rings. The van der Waals surface area contributed by atoms with Crippen molar-refractivity contribution in [2.45, 2.75) is 25.8 Å². The van der Waals surface area contributed by atoms with Crippen LogP contribution >= 0.6 is 11.3 Å². The topological polar surface area (TPSA) is 64.4 Å². The zero-order valence-corrected chi connectivity index (χ0v) is 13.1. The Morgan fingerprint density at radius 3 is 2.90 bits per heavy atom. The quantitative estimate of drug-likeness (QED) is 0.793. The molecule has 0 aromatic carbocycles. The Hall–Kier alpha value is -1.89.